The summed E-state index contributed by atoms with van der Waals surface area (Å²) in [7, 11) is 3.08. The number of carbonyl (C=O) groups excluding carboxylic acids is 2. The second-order valence-corrected chi connectivity index (χ2v) is 7.58. The van der Waals surface area contributed by atoms with E-state index in [-0.39, 0.29) is 12.5 Å². The van der Waals surface area contributed by atoms with Crippen LogP contribution in [0.1, 0.15) is 18.1 Å². The number of carbonyl (C=O) groups is 2. The molecule has 1 fully saturated rings. The van der Waals surface area contributed by atoms with Crippen molar-refractivity contribution in [1.82, 2.24) is 10.2 Å². The molecule has 3 aromatic carbocycles. The number of ether oxygens (including phenoxy) is 2. The number of amides is 3. The van der Waals surface area contributed by atoms with Crippen molar-refractivity contribution in [2.75, 3.05) is 14.2 Å². The maximum Gasteiger partial charge on any atom is 0.325 e. The third-order valence-corrected chi connectivity index (χ3v) is 5.64. The van der Waals surface area contributed by atoms with Crippen LogP contribution >= 0.6 is 0 Å². The van der Waals surface area contributed by atoms with Crippen LogP contribution in [0.4, 0.5) is 4.79 Å². The van der Waals surface area contributed by atoms with E-state index in [1.54, 1.807) is 32.2 Å². The lowest BCUT2D eigenvalue weighted by atomic mass is 9.91. The predicted molar refractivity (Wildman–Crippen MR) is 118 cm³/mol. The van der Waals surface area contributed by atoms with Crippen molar-refractivity contribution in [2.24, 2.45) is 0 Å². The first-order chi connectivity index (χ1) is 15.0. The minimum absolute atomic E-state index is 0.197. The smallest absolute Gasteiger partial charge is 0.325 e. The molecule has 6 heteroatoms. The monoisotopic (exact) mass is 416 g/mol. The second kappa shape index (κ2) is 8.14. The van der Waals surface area contributed by atoms with Crippen LogP contribution in [0.25, 0.3) is 11.1 Å². The van der Waals surface area contributed by atoms with Crippen LogP contribution in [0.2, 0.25) is 0 Å². The number of benzene rings is 3. The van der Waals surface area contributed by atoms with Gasteiger partial charge in [0.2, 0.25) is 0 Å². The molecule has 1 N–H and O–H groups in total. The van der Waals surface area contributed by atoms with Gasteiger partial charge in [-0.1, -0.05) is 60.7 Å². The molecule has 1 aliphatic rings. The summed E-state index contributed by atoms with van der Waals surface area (Å²) in [5, 5.41) is 2.83. The zero-order valence-electron chi connectivity index (χ0n) is 17.7. The van der Waals surface area contributed by atoms with Gasteiger partial charge in [0.05, 0.1) is 20.8 Å². The maximum absolute atomic E-state index is 13.3. The first kappa shape index (κ1) is 20.5. The Kier molecular flexibility index (Phi) is 5.38. The van der Waals surface area contributed by atoms with Crippen LogP contribution in [0.5, 0.6) is 11.5 Å². The average molecular weight is 416 g/mol. The molecule has 0 aliphatic carbocycles. The molecule has 0 bridgehead atoms. The number of imide groups is 1. The lowest BCUT2D eigenvalue weighted by Gasteiger charge is -2.23. The van der Waals surface area contributed by atoms with E-state index >= 15 is 0 Å². The summed E-state index contributed by atoms with van der Waals surface area (Å²) >= 11 is 0. The van der Waals surface area contributed by atoms with Crippen molar-refractivity contribution in [2.45, 2.75) is 19.0 Å². The molecule has 31 heavy (non-hydrogen) atoms. The van der Waals surface area contributed by atoms with Gasteiger partial charge in [-0.05, 0) is 41.3 Å². The fourth-order valence-electron chi connectivity index (χ4n) is 3.80. The summed E-state index contributed by atoms with van der Waals surface area (Å²) in [5.74, 6) is 0.747. The van der Waals surface area contributed by atoms with Crippen molar-refractivity contribution in [3.63, 3.8) is 0 Å². The highest BCUT2D eigenvalue weighted by atomic mass is 16.5. The Balaban J connectivity index is 1.56. The molecule has 1 heterocycles. The average Bonchev–Trinajstić information content (AvgIpc) is 3.03. The largest absolute Gasteiger partial charge is 0.493 e. The number of hydrogen-bond donors (Lipinski definition) is 1. The molecule has 6 nitrogen and oxygen atoms in total. The molecular formula is C25H24N2O4. The van der Waals surface area contributed by atoms with Crippen LogP contribution < -0.4 is 14.8 Å². The van der Waals surface area contributed by atoms with E-state index in [1.807, 2.05) is 54.6 Å². The van der Waals surface area contributed by atoms with Crippen LogP contribution in [-0.2, 0) is 16.9 Å². The number of nitrogens with zero attached hydrogens (tertiary/aromatic N) is 1. The highest BCUT2D eigenvalue weighted by molar-refractivity contribution is 6.07. The summed E-state index contributed by atoms with van der Waals surface area (Å²) in [6.07, 6.45) is 0. The molecule has 4 rings (SSSR count). The lowest BCUT2D eigenvalue weighted by Crippen LogP contribution is -2.40. The van der Waals surface area contributed by atoms with E-state index in [0.29, 0.717) is 17.1 Å². The molecular weight excluding hydrogens is 392 g/mol. The third-order valence-electron chi connectivity index (χ3n) is 5.64. The van der Waals surface area contributed by atoms with E-state index in [9.17, 15) is 9.59 Å². The van der Waals surface area contributed by atoms with Crippen molar-refractivity contribution < 1.29 is 19.1 Å². The van der Waals surface area contributed by atoms with Gasteiger partial charge in [-0.25, -0.2) is 4.79 Å². The van der Waals surface area contributed by atoms with Gasteiger partial charge in [0, 0.05) is 0 Å². The van der Waals surface area contributed by atoms with E-state index in [4.69, 9.17) is 9.47 Å². The van der Waals surface area contributed by atoms with Gasteiger partial charge in [0.25, 0.3) is 5.91 Å². The highest BCUT2D eigenvalue weighted by Crippen LogP contribution is 2.35. The van der Waals surface area contributed by atoms with Crippen LogP contribution in [-0.4, -0.2) is 31.1 Å². The second-order valence-electron chi connectivity index (χ2n) is 7.58. The molecule has 158 valence electrons. The standard InChI is InChI=1S/C25H24N2O4/c1-25(20-13-14-21(30-2)22(15-20)31-3)23(28)27(24(29)26-25)16-17-9-11-19(12-10-17)18-7-5-4-6-8-18/h4-15H,16H2,1-3H3,(H,26,29). The molecule has 0 aromatic heterocycles. The molecule has 1 aliphatic heterocycles. The van der Waals surface area contributed by atoms with Gasteiger partial charge in [-0.2, -0.15) is 0 Å². The maximum atomic E-state index is 13.3. The summed E-state index contributed by atoms with van der Waals surface area (Å²) in [4.78, 5) is 27.2. The van der Waals surface area contributed by atoms with Gasteiger partial charge in [0.1, 0.15) is 5.54 Å². The predicted octanol–water partition coefficient (Wildman–Crippen LogP) is 4.34. The van der Waals surface area contributed by atoms with Crippen molar-refractivity contribution >= 4 is 11.9 Å². The summed E-state index contributed by atoms with van der Waals surface area (Å²) < 4.78 is 10.6. The topological polar surface area (TPSA) is 67.9 Å². The quantitative estimate of drug-likeness (QED) is 0.607. The highest BCUT2D eigenvalue weighted by Gasteiger charge is 2.49. The van der Waals surface area contributed by atoms with Gasteiger partial charge in [-0.15, -0.1) is 0 Å². The summed E-state index contributed by atoms with van der Waals surface area (Å²) in [6.45, 7) is 1.90. The zero-order chi connectivity index (χ0) is 22.0. The minimum Gasteiger partial charge on any atom is -0.493 e. The number of nitrogens with one attached hydrogen (secondary N) is 1. The molecule has 1 saturated heterocycles. The van der Waals surface area contributed by atoms with Crippen molar-refractivity contribution in [1.29, 1.82) is 0 Å². The van der Waals surface area contributed by atoms with E-state index < -0.39 is 11.6 Å². The molecule has 3 amide bonds. The Morgan fingerprint density at radius 3 is 2.13 bits per heavy atom. The first-order valence-electron chi connectivity index (χ1n) is 9.97. The molecule has 0 spiro atoms. The zero-order valence-corrected chi connectivity index (χ0v) is 17.7. The van der Waals surface area contributed by atoms with Gasteiger partial charge < -0.3 is 14.8 Å². The van der Waals surface area contributed by atoms with E-state index in [1.165, 1.54) is 12.0 Å². The van der Waals surface area contributed by atoms with Gasteiger partial charge in [-0.3, -0.25) is 9.69 Å². The third kappa shape index (κ3) is 3.72. The fraction of sp³-hybridized carbons (Fsp3) is 0.200. The fourth-order valence-corrected chi connectivity index (χ4v) is 3.80. The van der Waals surface area contributed by atoms with Crippen LogP contribution in [0, 0.1) is 0 Å². The number of urea groups is 1. The summed E-state index contributed by atoms with van der Waals surface area (Å²) in [5.41, 5.74) is 2.52. The Morgan fingerprint density at radius 2 is 1.48 bits per heavy atom. The minimum atomic E-state index is -1.18. The van der Waals surface area contributed by atoms with Gasteiger partial charge >= 0.3 is 6.03 Å². The normalized spacial score (nSPS) is 18.1. The Labute approximate surface area is 181 Å². The SMILES string of the molecule is COc1ccc(C2(C)NC(=O)N(Cc3ccc(-c4ccccc4)cc3)C2=O)cc1OC. The Bertz CT molecular complexity index is 1110. The lowest BCUT2D eigenvalue weighted by molar-refractivity contribution is -0.131. The molecule has 0 saturated carbocycles. The van der Waals surface area contributed by atoms with Crippen LogP contribution in [0.15, 0.2) is 72.8 Å². The Morgan fingerprint density at radius 1 is 0.839 bits per heavy atom. The van der Waals surface area contributed by atoms with Gasteiger partial charge in [0.15, 0.2) is 11.5 Å². The number of hydrogen-bond acceptors (Lipinski definition) is 4. The molecule has 1 atom stereocenters. The number of rotatable bonds is 6. The molecule has 3 aromatic rings. The summed E-state index contributed by atoms with van der Waals surface area (Å²) in [6, 6.07) is 22.7. The molecule has 1 unspecified atom stereocenters. The van der Waals surface area contributed by atoms with Crippen LogP contribution in [0.3, 0.4) is 0 Å². The van der Waals surface area contributed by atoms with Crippen molar-refractivity contribution in [3.05, 3.63) is 83.9 Å². The van der Waals surface area contributed by atoms with Crippen molar-refractivity contribution in [3.8, 4) is 22.6 Å². The first-order valence-corrected chi connectivity index (χ1v) is 9.97. The van der Waals surface area contributed by atoms with E-state index in [2.05, 4.69) is 5.32 Å². The number of methoxy groups -OCH3 is 2. The van der Waals surface area contributed by atoms with E-state index in [0.717, 1.165) is 16.7 Å². The molecule has 0 radical (unpaired) electrons. The Hall–Kier alpha value is -3.80.